The Kier molecular flexibility index (Phi) is 5.88. The highest BCUT2D eigenvalue weighted by molar-refractivity contribution is 6.42. The van der Waals surface area contributed by atoms with Gasteiger partial charge in [0.1, 0.15) is 0 Å². The van der Waals surface area contributed by atoms with Crippen molar-refractivity contribution < 1.29 is 4.79 Å². The number of hydrogen-bond donors (Lipinski definition) is 4. The molecule has 0 aliphatic carbocycles. The summed E-state index contributed by atoms with van der Waals surface area (Å²) in [6.07, 6.45) is 1.74. The zero-order valence-electron chi connectivity index (χ0n) is 15.6. The topological polar surface area (TPSA) is 81.8 Å². The summed E-state index contributed by atoms with van der Waals surface area (Å²) < 4.78 is 0. The first-order valence-electron chi connectivity index (χ1n) is 9.07. The molecule has 4 rings (SSSR count). The van der Waals surface area contributed by atoms with Crippen LogP contribution in [0.1, 0.15) is 0 Å². The highest BCUT2D eigenvalue weighted by Gasteiger charge is 2.08. The number of H-pyrrole nitrogens is 1. The number of aromatic amines is 1. The standard InChI is InChI=1S/C22H17Cl2N5O/c23-18-10-9-17(12-19(18)24)28-22(30)27-16-8-4-5-14(11-16)20-13-25-21(29-20)26-15-6-2-1-3-7-15/h1-13H,(H2,25,26,29)(H2,27,28,30). The Morgan fingerprint density at radius 3 is 2.30 bits per heavy atom. The van der Waals surface area contributed by atoms with Crippen LogP contribution in [0.4, 0.5) is 27.8 Å². The molecule has 8 heteroatoms. The van der Waals surface area contributed by atoms with Crippen molar-refractivity contribution in [2.75, 3.05) is 16.0 Å². The SMILES string of the molecule is O=C(Nc1cccc(-c2cnc(Nc3ccccc3)[nH]2)c1)Nc1ccc(Cl)c(Cl)c1. The van der Waals surface area contributed by atoms with Crippen LogP contribution >= 0.6 is 23.2 Å². The van der Waals surface area contributed by atoms with Crippen molar-refractivity contribution in [2.45, 2.75) is 0 Å². The van der Waals surface area contributed by atoms with Crippen LogP contribution < -0.4 is 16.0 Å². The fourth-order valence-corrected chi connectivity index (χ4v) is 3.12. The molecule has 2 amide bonds. The highest BCUT2D eigenvalue weighted by atomic mass is 35.5. The molecule has 0 aliphatic heterocycles. The van der Waals surface area contributed by atoms with Gasteiger partial charge in [-0.3, -0.25) is 0 Å². The lowest BCUT2D eigenvalue weighted by atomic mass is 10.1. The number of nitrogens with zero attached hydrogens (tertiary/aromatic N) is 1. The number of anilines is 4. The van der Waals surface area contributed by atoms with Gasteiger partial charge in [-0.2, -0.15) is 0 Å². The van der Waals surface area contributed by atoms with Gasteiger partial charge in [0.05, 0.1) is 21.9 Å². The summed E-state index contributed by atoms with van der Waals surface area (Å²) in [5.74, 6) is 0.631. The number of nitrogens with one attached hydrogen (secondary N) is 4. The lowest BCUT2D eigenvalue weighted by molar-refractivity contribution is 0.262. The van der Waals surface area contributed by atoms with Crippen LogP contribution in [0, 0.1) is 0 Å². The monoisotopic (exact) mass is 437 g/mol. The van der Waals surface area contributed by atoms with Gasteiger partial charge in [0, 0.05) is 22.6 Å². The van der Waals surface area contributed by atoms with Gasteiger partial charge in [0.15, 0.2) is 0 Å². The Balaban J connectivity index is 1.43. The van der Waals surface area contributed by atoms with Gasteiger partial charge in [0.2, 0.25) is 5.95 Å². The van der Waals surface area contributed by atoms with Gasteiger partial charge in [-0.25, -0.2) is 9.78 Å². The van der Waals surface area contributed by atoms with Gasteiger partial charge in [0.25, 0.3) is 0 Å². The predicted molar refractivity (Wildman–Crippen MR) is 123 cm³/mol. The number of halogens is 2. The van der Waals surface area contributed by atoms with Gasteiger partial charge in [-0.1, -0.05) is 53.5 Å². The summed E-state index contributed by atoms with van der Waals surface area (Å²) in [6, 6.07) is 21.7. The number of benzene rings is 3. The molecule has 4 aromatic rings. The Hall–Kier alpha value is -3.48. The number of carbonyl (C=O) groups excluding carboxylic acids is 1. The predicted octanol–water partition coefficient (Wildman–Crippen LogP) is 6.77. The number of amides is 2. The summed E-state index contributed by atoms with van der Waals surface area (Å²) in [6.45, 7) is 0. The van der Waals surface area contributed by atoms with E-state index in [-0.39, 0.29) is 6.03 Å². The van der Waals surface area contributed by atoms with E-state index in [0.29, 0.717) is 27.4 Å². The minimum atomic E-state index is -0.387. The molecule has 0 spiro atoms. The molecule has 1 heterocycles. The lowest BCUT2D eigenvalue weighted by Gasteiger charge is -2.09. The molecule has 0 bridgehead atoms. The smallest absolute Gasteiger partial charge is 0.323 e. The Bertz CT molecular complexity index is 1180. The second-order valence-corrected chi connectivity index (χ2v) is 7.24. The zero-order valence-corrected chi connectivity index (χ0v) is 17.1. The van der Waals surface area contributed by atoms with Gasteiger partial charge in [-0.05, 0) is 42.5 Å². The van der Waals surface area contributed by atoms with E-state index in [9.17, 15) is 4.79 Å². The van der Waals surface area contributed by atoms with E-state index in [2.05, 4.69) is 25.9 Å². The molecule has 0 radical (unpaired) electrons. The van der Waals surface area contributed by atoms with Crippen molar-refractivity contribution in [2.24, 2.45) is 0 Å². The number of para-hydroxylation sites is 1. The summed E-state index contributed by atoms with van der Waals surface area (Å²) in [4.78, 5) is 19.9. The molecule has 6 nitrogen and oxygen atoms in total. The number of aromatic nitrogens is 2. The van der Waals surface area contributed by atoms with Crippen LogP contribution in [0.5, 0.6) is 0 Å². The maximum Gasteiger partial charge on any atom is 0.323 e. The summed E-state index contributed by atoms with van der Waals surface area (Å²) in [7, 11) is 0. The maximum absolute atomic E-state index is 12.3. The second kappa shape index (κ2) is 8.90. The van der Waals surface area contributed by atoms with E-state index >= 15 is 0 Å². The third kappa shape index (κ3) is 4.92. The molecule has 3 aromatic carbocycles. The van der Waals surface area contributed by atoms with E-state index in [1.54, 1.807) is 30.5 Å². The van der Waals surface area contributed by atoms with Crippen molar-refractivity contribution in [3.63, 3.8) is 0 Å². The number of carbonyl (C=O) groups is 1. The molecule has 0 atom stereocenters. The number of urea groups is 1. The van der Waals surface area contributed by atoms with Gasteiger partial charge >= 0.3 is 6.03 Å². The molecule has 30 heavy (non-hydrogen) atoms. The molecule has 4 N–H and O–H groups in total. The van der Waals surface area contributed by atoms with Crippen LogP contribution in [-0.4, -0.2) is 16.0 Å². The van der Waals surface area contributed by atoms with Crippen molar-refractivity contribution in [3.05, 3.63) is 89.0 Å². The molecule has 0 saturated carbocycles. The second-order valence-electron chi connectivity index (χ2n) is 6.43. The lowest BCUT2D eigenvalue weighted by Crippen LogP contribution is -2.19. The minimum Gasteiger partial charge on any atom is -0.326 e. The third-order valence-electron chi connectivity index (χ3n) is 4.22. The van der Waals surface area contributed by atoms with Gasteiger partial charge in [-0.15, -0.1) is 0 Å². The summed E-state index contributed by atoms with van der Waals surface area (Å²) in [5.41, 5.74) is 3.83. The van der Waals surface area contributed by atoms with Crippen LogP contribution in [0.25, 0.3) is 11.3 Å². The average molecular weight is 438 g/mol. The van der Waals surface area contributed by atoms with Crippen LogP contribution in [0.2, 0.25) is 10.0 Å². The molecular formula is C22H17Cl2N5O. The number of hydrogen-bond acceptors (Lipinski definition) is 3. The first kappa shape index (κ1) is 19.8. The van der Waals surface area contributed by atoms with E-state index in [4.69, 9.17) is 23.2 Å². The first-order valence-corrected chi connectivity index (χ1v) is 9.83. The normalized spacial score (nSPS) is 10.5. The molecule has 0 saturated heterocycles. The van der Waals surface area contributed by atoms with Crippen LogP contribution in [-0.2, 0) is 0 Å². The molecule has 0 unspecified atom stereocenters. The quantitative estimate of drug-likeness (QED) is 0.278. The van der Waals surface area contributed by atoms with Crippen molar-refractivity contribution in [1.29, 1.82) is 0 Å². The third-order valence-corrected chi connectivity index (χ3v) is 4.96. The highest BCUT2D eigenvalue weighted by Crippen LogP contribution is 2.26. The number of rotatable bonds is 5. The van der Waals surface area contributed by atoms with E-state index in [0.717, 1.165) is 16.9 Å². The van der Waals surface area contributed by atoms with Crippen LogP contribution in [0.15, 0.2) is 79.0 Å². The first-order chi connectivity index (χ1) is 14.6. The zero-order chi connectivity index (χ0) is 20.9. The maximum atomic E-state index is 12.3. The largest absolute Gasteiger partial charge is 0.326 e. The van der Waals surface area contributed by atoms with Crippen LogP contribution in [0.3, 0.4) is 0 Å². The Morgan fingerprint density at radius 2 is 1.53 bits per heavy atom. The Morgan fingerprint density at radius 1 is 0.800 bits per heavy atom. The molecule has 1 aromatic heterocycles. The van der Waals surface area contributed by atoms with Crippen molar-refractivity contribution >= 4 is 52.2 Å². The molecule has 150 valence electrons. The fourth-order valence-electron chi connectivity index (χ4n) is 2.82. The van der Waals surface area contributed by atoms with Crippen molar-refractivity contribution in [1.82, 2.24) is 9.97 Å². The molecule has 0 aliphatic rings. The number of imidazole rings is 1. The average Bonchev–Trinajstić information content (AvgIpc) is 3.20. The van der Waals surface area contributed by atoms with Crippen molar-refractivity contribution in [3.8, 4) is 11.3 Å². The van der Waals surface area contributed by atoms with Gasteiger partial charge < -0.3 is 20.9 Å². The molecule has 0 fully saturated rings. The van der Waals surface area contributed by atoms with E-state index in [1.807, 2.05) is 48.5 Å². The summed E-state index contributed by atoms with van der Waals surface area (Å²) in [5, 5.41) is 9.54. The van der Waals surface area contributed by atoms with E-state index < -0.39 is 0 Å². The minimum absolute atomic E-state index is 0.371. The Labute approximate surface area is 183 Å². The van der Waals surface area contributed by atoms with E-state index in [1.165, 1.54) is 0 Å². The summed E-state index contributed by atoms with van der Waals surface area (Å²) >= 11 is 11.9. The molecular weight excluding hydrogens is 421 g/mol. The fraction of sp³-hybridized carbons (Fsp3) is 0.